The third-order valence-electron chi connectivity index (χ3n) is 2.70. The number of aliphatic carboxylic acids is 1. The Morgan fingerprint density at radius 3 is 2.50 bits per heavy atom. The summed E-state index contributed by atoms with van der Waals surface area (Å²) in [7, 11) is 0. The van der Waals surface area contributed by atoms with E-state index in [0.717, 1.165) is 0 Å². The molecule has 1 amide bonds. The number of benzene rings is 1. The van der Waals surface area contributed by atoms with Crippen LogP contribution in [-0.4, -0.2) is 22.0 Å². The molecule has 6 nitrogen and oxygen atoms in total. The van der Waals surface area contributed by atoms with Gasteiger partial charge in [0.25, 0.3) is 5.91 Å². The van der Waals surface area contributed by atoms with Gasteiger partial charge in [-0.05, 0) is 17.7 Å². The molecule has 0 aliphatic rings. The summed E-state index contributed by atoms with van der Waals surface area (Å²) in [6, 6.07) is 10.8. The second-order valence-electron chi connectivity index (χ2n) is 4.12. The first-order valence-corrected chi connectivity index (χ1v) is 5.88. The molecule has 1 heterocycles. The van der Waals surface area contributed by atoms with E-state index < -0.39 is 17.9 Å². The fourth-order valence-corrected chi connectivity index (χ4v) is 1.75. The maximum absolute atomic E-state index is 11.4. The van der Waals surface area contributed by atoms with E-state index in [1.807, 2.05) is 0 Å². The van der Waals surface area contributed by atoms with Crippen molar-refractivity contribution in [1.29, 1.82) is 0 Å². The van der Waals surface area contributed by atoms with Gasteiger partial charge in [0, 0.05) is 11.9 Å². The van der Waals surface area contributed by atoms with E-state index in [0.29, 0.717) is 11.3 Å². The molecule has 1 unspecified atom stereocenters. The highest BCUT2D eigenvalue weighted by Crippen LogP contribution is 2.20. The topological polar surface area (TPSA) is 105 Å². The van der Waals surface area contributed by atoms with Crippen LogP contribution in [0.5, 0.6) is 0 Å². The zero-order valence-electron chi connectivity index (χ0n) is 10.5. The van der Waals surface area contributed by atoms with Gasteiger partial charge >= 0.3 is 5.97 Å². The van der Waals surface area contributed by atoms with E-state index in [4.69, 9.17) is 5.73 Å². The van der Waals surface area contributed by atoms with Gasteiger partial charge in [0.15, 0.2) is 6.04 Å². The standard InChI is InChI=1S/C14H13N3O3/c15-13(18)11-8-10(6-7-16-11)17-12(14(19)20)9-4-2-1-3-5-9/h1-8,12H,(H2,15,18)(H,16,17)(H,19,20). The van der Waals surface area contributed by atoms with Crippen molar-refractivity contribution in [3.63, 3.8) is 0 Å². The maximum atomic E-state index is 11.4. The van der Waals surface area contributed by atoms with Gasteiger partial charge < -0.3 is 16.2 Å². The summed E-state index contributed by atoms with van der Waals surface area (Å²) in [4.78, 5) is 26.2. The number of nitrogens with two attached hydrogens (primary N) is 1. The van der Waals surface area contributed by atoms with Crippen LogP contribution < -0.4 is 11.1 Å². The number of amides is 1. The highest BCUT2D eigenvalue weighted by molar-refractivity contribution is 5.91. The first-order valence-electron chi connectivity index (χ1n) is 5.88. The van der Waals surface area contributed by atoms with Crippen LogP contribution in [0.15, 0.2) is 48.7 Å². The van der Waals surface area contributed by atoms with E-state index in [9.17, 15) is 14.7 Å². The Morgan fingerprint density at radius 2 is 1.90 bits per heavy atom. The molecule has 102 valence electrons. The number of hydrogen-bond donors (Lipinski definition) is 3. The van der Waals surface area contributed by atoms with Crippen LogP contribution in [0, 0.1) is 0 Å². The number of nitrogens with zero attached hydrogens (tertiary/aromatic N) is 1. The van der Waals surface area contributed by atoms with E-state index in [1.165, 1.54) is 12.3 Å². The molecule has 0 aliphatic carbocycles. The van der Waals surface area contributed by atoms with Gasteiger partial charge in [-0.15, -0.1) is 0 Å². The summed E-state index contributed by atoms with van der Waals surface area (Å²) in [6.07, 6.45) is 1.40. The van der Waals surface area contributed by atoms with E-state index in [2.05, 4.69) is 10.3 Å². The first kappa shape index (κ1) is 13.5. The molecule has 0 bridgehead atoms. The molecule has 0 spiro atoms. The van der Waals surface area contributed by atoms with Crippen LogP contribution >= 0.6 is 0 Å². The molecule has 2 rings (SSSR count). The Balaban J connectivity index is 2.27. The highest BCUT2D eigenvalue weighted by Gasteiger charge is 2.19. The number of rotatable bonds is 5. The summed E-state index contributed by atoms with van der Waals surface area (Å²) < 4.78 is 0. The number of carboxylic acids is 1. The number of primary amides is 1. The van der Waals surface area contributed by atoms with E-state index >= 15 is 0 Å². The third-order valence-corrected chi connectivity index (χ3v) is 2.70. The largest absolute Gasteiger partial charge is 0.479 e. The molecule has 0 fully saturated rings. The van der Waals surface area contributed by atoms with Crippen molar-refractivity contribution in [2.24, 2.45) is 5.73 Å². The Labute approximate surface area is 115 Å². The van der Waals surface area contributed by atoms with Crippen molar-refractivity contribution < 1.29 is 14.7 Å². The molecule has 1 aromatic heterocycles. The van der Waals surface area contributed by atoms with Crippen molar-refractivity contribution >= 4 is 17.6 Å². The van der Waals surface area contributed by atoms with Crippen LogP contribution in [0.3, 0.4) is 0 Å². The molecular weight excluding hydrogens is 258 g/mol. The van der Waals surface area contributed by atoms with Crippen molar-refractivity contribution in [2.75, 3.05) is 5.32 Å². The van der Waals surface area contributed by atoms with Crippen LogP contribution in [-0.2, 0) is 4.79 Å². The lowest BCUT2D eigenvalue weighted by Crippen LogP contribution is -2.21. The number of aromatic nitrogens is 1. The lowest BCUT2D eigenvalue weighted by Gasteiger charge is -2.16. The predicted octanol–water partition coefficient (Wildman–Crippen LogP) is 1.42. The van der Waals surface area contributed by atoms with Gasteiger partial charge in [0.1, 0.15) is 5.69 Å². The summed E-state index contributed by atoms with van der Waals surface area (Å²) in [5.41, 5.74) is 6.29. The fourth-order valence-electron chi connectivity index (χ4n) is 1.75. The SMILES string of the molecule is NC(=O)c1cc(NC(C(=O)O)c2ccccc2)ccn1. The summed E-state index contributed by atoms with van der Waals surface area (Å²) in [5.74, 6) is -1.69. The zero-order valence-corrected chi connectivity index (χ0v) is 10.5. The molecule has 20 heavy (non-hydrogen) atoms. The number of carboxylic acid groups (broad SMARTS) is 1. The molecule has 0 saturated heterocycles. The molecule has 1 atom stereocenters. The summed E-state index contributed by atoms with van der Waals surface area (Å²) in [5, 5.41) is 12.1. The average molecular weight is 271 g/mol. The Morgan fingerprint density at radius 1 is 1.20 bits per heavy atom. The Kier molecular flexibility index (Phi) is 3.95. The Hall–Kier alpha value is -2.89. The number of carbonyl (C=O) groups excluding carboxylic acids is 1. The van der Waals surface area contributed by atoms with Crippen LogP contribution in [0.25, 0.3) is 0 Å². The van der Waals surface area contributed by atoms with Crippen molar-refractivity contribution in [3.8, 4) is 0 Å². The molecule has 2 aromatic rings. The lowest BCUT2D eigenvalue weighted by molar-refractivity contribution is -0.138. The normalized spacial score (nSPS) is 11.6. The van der Waals surface area contributed by atoms with Gasteiger partial charge in [0.05, 0.1) is 0 Å². The van der Waals surface area contributed by atoms with E-state index in [-0.39, 0.29) is 5.69 Å². The van der Waals surface area contributed by atoms with Gasteiger partial charge in [-0.2, -0.15) is 0 Å². The minimum absolute atomic E-state index is 0.0761. The molecule has 4 N–H and O–H groups in total. The minimum atomic E-state index is -1.02. The zero-order chi connectivity index (χ0) is 14.5. The van der Waals surface area contributed by atoms with E-state index in [1.54, 1.807) is 36.4 Å². The smallest absolute Gasteiger partial charge is 0.330 e. The Bertz CT molecular complexity index is 629. The van der Waals surface area contributed by atoms with Gasteiger partial charge in [-0.1, -0.05) is 30.3 Å². The number of anilines is 1. The molecular formula is C14H13N3O3. The average Bonchev–Trinajstić information content (AvgIpc) is 2.45. The highest BCUT2D eigenvalue weighted by atomic mass is 16.4. The van der Waals surface area contributed by atoms with Crippen LogP contribution in [0.2, 0.25) is 0 Å². The quantitative estimate of drug-likeness (QED) is 0.762. The van der Waals surface area contributed by atoms with Gasteiger partial charge in [0.2, 0.25) is 0 Å². The summed E-state index contributed by atoms with van der Waals surface area (Å²) in [6.45, 7) is 0. The maximum Gasteiger partial charge on any atom is 0.330 e. The number of hydrogen-bond acceptors (Lipinski definition) is 4. The fraction of sp³-hybridized carbons (Fsp3) is 0.0714. The number of pyridine rings is 1. The van der Waals surface area contributed by atoms with Crippen LogP contribution in [0.4, 0.5) is 5.69 Å². The monoisotopic (exact) mass is 271 g/mol. The molecule has 0 radical (unpaired) electrons. The first-order chi connectivity index (χ1) is 9.58. The number of nitrogens with one attached hydrogen (secondary N) is 1. The molecule has 6 heteroatoms. The predicted molar refractivity (Wildman–Crippen MR) is 73.2 cm³/mol. The van der Waals surface area contributed by atoms with Crippen molar-refractivity contribution in [2.45, 2.75) is 6.04 Å². The second-order valence-corrected chi connectivity index (χ2v) is 4.12. The molecule has 1 aromatic carbocycles. The molecule has 0 saturated carbocycles. The van der Waals surface area contributed by atoms with Crippen LogP contribution in [0.1, 0.15) is 22.1 Å². The van der Waals surface area contributed by atoms with Gasteiger partial charge in [-0.25, -0.2) is 4.79 Å². The second kappa shape index (κ2) is 5.83. The minimum Gasteiger partial charge on any atom is -0.479 e. The lowest BCUT2D eigenvalue weighted by atomic mass is 10.1. The third kappa shape index (κ3) is 3.11. The van der Waals surface area contributed by atoms with Crippen molar-refractivity contribution in [3.05, 3.63) is 59.9 Å². The number of carbonyl (C=O) groups is 2. The van der Waals surface area contributed by atoms with Crippen molar-refractivity contribution in [1.82, 2.24) is 4.98 Å². The van der Waals surface area contributed by atoms with Gasteiger partial charge in [-0.3, -0.25) is 9.78 Å². The molecule has 0 aliphatic heterocycles. The summed E-state index contributed by atoms with van der Waals surface area (Å²) >= 11 is 0.